The molecule has 6 nitrogen and oxygen atoms in total. The van der Waals surface area contributed by atoms with Crippen molar-refractivity contribution in [3.05, 3.63) is 64.7 Å². The second-order valence-corrected chi connectivity index (χ2v) is 7.18. The third-order valence-corrected chi connectivity index (χ3v) is 4.32. The first-order chi connectivity index (χ1) is 13.4. The SMILES string of the molecule is CN(C)CCCOc1ccccc1CN(CC(N)=O)C(=O)c1ccc(Cl)cc1.Cl. The highest BCUT2D eigenvalue weighted by atomic mass is 35.5. The van der Waals surface area contributed by atoms with Gasteiger partial charge >= 0.3 is 0 Å². The zero-order valence-electron chi connectivity index (χ0n) is 16.6. The van der Waals surface area contributed by atoms with Gasteiger partial charge in [0, 0.05) is 22.7 Å². The van der Waals surface area contributed by atoms with Crippen LogP contribution >= 0.6 is 24.0 Å². The first kappa shape index (κ1) is 24.8. The second-order valence-electron chi connectivity index (χ2n) is 6.75. The lowest BCUT2D eigenvalue weighted by Gasteiger charge is -2.23. The summed E-state index contributed by atoms with van der Waals surface area (Å²) in [5, 5.41) is 0.537. The van der Waals surface area contributed by atoms with E-state index < -0.39 is 5.91 Å². The number of nitrogens with zero attached hydrogens (tertiary/aromatic N) is 2. The highest BCUT2D eigenvalue weighted by Crippen LogP contribution is 2.21. The van der Waals surface area contributed by atoms with E-state index in [0.717, 1.165) is 18.5 Å². The van der Waals surface area contributed by atoms with Gasteiger partial charge in [-0.2, -0.15) is 0 Å². The molecule has 2 amide bonds. The average molecular weight is 440 g/mol. The van der Waals surface area contributed by atoms with Crippen LogP contribution in [0.2, 0.25) is 5.02 Å². The fourth-order valence-corrected chi connectivity index (χ4v) is 2.83. The van der Waals surface area contributed by atoms with Crippen molar-refractivity contribution in [2.24, 2.45) is 5.73 Å². The quantitative estimate of drug-likeness (QED) is 0.576. The van der Waals surface area contributed by atoms with E-state index in [4.69, 9.17) is 22.1 Å². The summed E-state index contributed by atoms with van der Waals surface area (Å²) in [7, 11) is 4.02. The summed E-state index contributed by atoms with van der Waals surface area (Å²) in [4.78, 5) is 27.9. The van der Waals surface area contributed by atoms with Crippen LogP contribution < -0.4 is 10.5 Å². The summed E-state index contributed by atoms with van der Waals surface area (Å²) in [5.41, 5.74) is 6.62. The van der Waals surface area contributed by atoms with Crippen molar-refractivity contribution in [3.8, 4) is 5.75 Å². The first-order valence-electron chi connectivity index (χ1n) is 9.05. The van der Waals surface area contributed by atoms with E-state index in [-0.39, 0.29) is 31.4 Å². The highest BCUT2D eigenvalue weighted by molar-refractivity contribution is 6.30. The number of carbonyl (C=O) groups excluding carboxylic acids is 2. The Morgan fingerprint density at radius 1 is 1.07 bits per heavy atom. The van der Waals surface area contributed by atoms with E-state index >= 15 is 0 Å². The number of carbonyl (C=O) groups is 2. The van der Waals surface area contributed by atoms with Gasteiger partial charge in [-0.3, -0.25) is 9.59 Å². The number of hydrogen-bond donors (Lipinski definition) is 1. The van der Waals surface area contributed by atoms with Gasteiger partial charge in [0.2, 0.25) is 5.91 Å². The molecule has 2 N–H and O–H groups in total. The van der Waals surface area contributed by atoms with E-state index in [1.165, 1.54) is 4.90 Å². The maximum absolute atomic E-state index is 12.9. The predicted octanol–water partition coefficient (Wildman–Crippen LogP) is 3.22. The minimum atomic E-state index is -0.577. The summed E-state index contributed by atoms with van der Waals surface area (Å²) in [6.07, 6.45) is 0.885. The summed E-state index contributed by atoms with van der Waals surface area (Å²) in [6, 6.07) is 14.0. The molecule has 0 aromatic heterocycles. The van der Waals surface area contributed by atoms with Crippen LogP contribution in [0.25, 0.3) is 0 Å². The topological polar surface area (TPSA) is 75.9 Å². The zero-order valence-corrected chi connectivity index (χ0v) is 18.2. The number of amides is 2. The van der Waals surface area contributed by atoms with Crippen LogP contribution in [-0.4, -0.2) is 55.4 Å². The number of halogens is 2. The van der Waals surface area contributed by atoms with Gasteiger partial charge in [0.15, 0.2) is 0 Å². The van der Waals surface area contributed by atoms with Crippen molar-refractivity contribution in [1.29, 1.82) is 0 Å². The number of nitrogens with two attached hydrogens (primary N) is 1. The van der Waals surface area contributed by atoms with Gasteiger partial charge in [0.1, 0.15) is 5.75 Å². The fourth-order valence-electron chi connectivity index (χ4n) is 2.71. The molecular weight excluding hydrogens is 413 g/mol. The predicted molar refractivity (Wildman–Crippen MR) is 118 cm³/mol. The van der Waals surface area contributed by atoms with Crippen LogP contribution in [0.5, 0.6) is 5.75 Å². The standard InChI is InChI=1S/C21H26ClN3O3.ClH/c1-24(2)12-5-13-28-19-7-4-3-6-17(19)14-25(15-20(23)26)21(27)16-8-10-18(22)11-9-16;/h3-4,6-11H,5,12-15H2,1-2H3,(H2,23,26);1H. The lowest BCUT2D eigenvalue weighted by molar-refractivity contribution is -0.118. The van der Waals surface area contributed by atoms with Crippen LogP contribution in [0, 0.1) is 0 Å². The third-order valence-electron chi connectivity index (χ3n) is 4.07. The fraction of sp³-hybridized carbons (Fsp3) is 0.333. The van der Waals surface area contributed by atoms with Crippen LogP contribution in [-0.2, 0) is 11.3 Å². The molecule has 2 aromatic carbocycles. The largest absolute Gasteiger partial charge is 0.493 e. The zero-order chi connectivity index (χ0) is 20.5. The normalized spacial score (nSPS) is 10.3. The molecule has 0 atom stereocenters. The smallest absolute Gasteiger partial charge is 0.254 e. The van der Waals surface area contributed by atoms with Gasteiger partial charge in [-0.15, -0.1) is 12.4 Å². The van der Waals surface area contributed by atoms with Crippen molar-refractivity contribution >= 4 is 35.8 Å². The molecule has 158 valence electrons. The number of benzene rings is 2. The molecule has 0 fully saturated rings. The molecule has 2 aromatic rings. The molecule has 0 radical (unpaired) electrons. The van der Waals surface area contributed by atoms with E-state index in [2.05, 4.69) is 4.90 Å². The van der Waals surface area contributed by atoms with Gasteiger partial charge in [-0.05, 0) is 50.8 Å². The van der Waals surface area contributed by atoms with Crippen molar-refractivity contribution in [3.63, 3.8) is 0 Å². The summed E-state index contributed by atoms with van der Waals surface area (Å²) >= 11 is 5.89. The number of ether oxygens (including phenoxy) is 1. The Labute approximate surface area is 183 Å². The molecule has 0 spiro atoms. The minimum Gasteiger partial charge on any atom is -0.493 e. The molecule has 2 rings (SSSR count). The molecule has 8 heteroatoms. The van der Waals surface area contributed by atoms with Crippen LogP contribution in [0.1, 0.15) is 22.3 Å². The lowest BCUT2D eigenvalue weighted by Crippen LogP contribution is -2.38. The summed E-state index contributed by atoms with van der Waals surface area (Å²) in [5.74, 6) is -0.177. The van der Waals surface area contributed by atoms with E-state index in [0.29, 0.717) is 22.9 Å². The Kier molecular flexibility index (Phi) is 10.5. The van der Waals surface area contributed by atoms with E-state index in [9.17, 15) is 9.59 Å². The van der Waals surface area contributed by atoms with Crippen molar-refractivity contribution in [2.45, 2.75) is 13.0 Å². The molecule has 0 saturated heterocycles. The highest BCUT2D eigenvalue weighted by Gasteiger charge is 2.19. The minimum absolute atomic E-state index is 0. The molecule has 0 heterocycles. The van der Waals surface area contributed by atoms with Gasteiger partial charge in [-0.1, -0.05) is 29.8 Å². The maximum Gasteiger partial charge on any atom is 0.254 e. The Morgan fingerprint density at radius 2 is 1.72 bits per heavy atom. The van der Waals surface area contributed by atoms with Gasteiger partial charge in [-0.25, -0.2) is 0 Å². The Hall–Kier alpha value is -2.28. The Morgan fingerprint density at radius 3 is 2.34 bits per heavy atom. The third kappa shape index (κ3) is 8.31. The van der Waals surface area contributed by atoms with Crippen molar-refractivity contribution in [1.82, 2.24) is 9.80 Å². The second kappa shape index (κ2) is 12.3. The maximum atomic E-state index is 12.9. The molecule has 0 unspecified atom stereocenters. The molecule has 29 heavy (non-hydrogen) atoms. The Bertz CT molecular complexity index is 798. The number of hydrogen-bond acceptors (Lipinski definition) is 4. The van der Waals surface area contributed by atoms with Gasteiger partial charge in [0.05, 0.1) is 19.7 Å². The average Bonchev–Trinajstić information content (AvgIpc) is 2.65. The van der Waals surface area contributed by atoms with Gasteiger partial charge in [0.25, 0.3) is 5.91 Å². The van der Waals surface area contributed by atoms with Crippen LogP contribution in [0.15, 0.2) is 48.5 Å². The van der Waals surface area contributed by atoms with Crippen LogP contribution in [0.4, 0.5) is 0 Å². The number of para-hydroxylation sites is 1. The first-order valence-corrected chi connectivity index (χ1v) is 9.43. The number of rotatable bonds is 10. The van der Waals surface area contributed by atoms with Crippen molar-refractivity contribution < 1.29 is 14.3 Å². The van der Waals surface area contributed by atoms with Gasteiger partial charge < -0.3 is 20.3 Å². The molecular formula is C21H27Cl2N3O3. The Balaban J connectivity index is 0.00000420. The molecule has 0 aliphatic heterocycles. The molecule has 0 aliphatic rings. The van der Waals surface area contributed by atoms with Crippen molar-refractivity contribution in [2.75, 3.05) is 33.8 Å². The summed E-state index contributed by atoms with van der Waals surface area (Å²) < 4.78 is 5.90. The number of primary amides is 1. The van der Waals surface area contributed by atoms with Crippen LogP contribution in [0.3, 0.4) is 0 Å². The molecule has 0 aliphatic carbocycles. The lowest BCUT2D eigenvalue weighted by atomic mass is 10.1. The van der Waals surface area contributed by atoms with E-state index in [1.54, 1.807) is 24.3 Å². The van der Waals surface area contributed by atoms with E-state index in [1.807, 2.05) is 38.4 Å². The molecule has 0 saturated carbocycles. The summed E-state index contributed by atoms with van der Waals surface area (Å²) in [6.45, 7) is 1.52. The monoisotopic (exact) mass is 439 g/mol. The molecule has 0 bridgehead atoms.